The van der Waals surface area contributed by atoms with Gasteiger partial charge in [0, 0.05) is 12.1 Å². The maximum atomic E-state index is 3.56. The fourth-order valence-corrected chi connectivity index (χ4v) is 1.92. The zero-order valence-corrected chi connectivity index (χ0v) is 12.7. The lowest BCUT2D eigenvalue weighted by atomic mass is 9.99. The van der Waals surface area contributed by atoms with Crippen molar-refractivity contribution in [2.75, 3.05) is 6.54 Å². The Morgan fingerprint density at radius 2 is 1.72 bits per heavy atom. The largest absolute Gasteiger partial charge is 0.308 e. The summed E-state index contributed by atoms with van der Waals surface area (Å²) >= 11 is 0. The van der Waals surface area contributed by atoms with Crippen molar-refractivity contribution in [2.45, 2.75) is 53.5 Å². The Morgan fingerprint density at radius 3 is 2.17 bits per heavy atom. The number of nitrogens with one attached hydrogen (secondary N) is 1. The van der Waals surface area contributed by atoms with Gasteiger partial charge in [0.05, 0.1) is 0 Å². The van der Waals surface area contributed by atoms with Crippen molar-refractivity contribution in [3.8, 4) is 0 Å². The van der Waals surface area contributed by atoms with E-state index in [-0.39, 0.29) is 5.54 Å². The molecule has 1 rings (SSSR count). The molecule has 0 fully saturated rings. The average molecular weight is 245 g/mol. The van der Waals surface area contributed by atoms with Crippen LogP contribution in [0, 0.1) is 13.8 Å². The van der Waals surface area contributed by atoms with E-state index in [1.165, 1.54) is 22.3 Å². The summed E-state index contributed by atoms with van der Waals surface area (Å²) in [6.45, 7) is 14.2. The number of rotatable bonds is 4. The second-order valence-corrected chi connectivity index (χ2v) is 6.07. The minimum Gasteiger partial charge on any atom is -0.308 e. The molecule has 0 saturated heterocycles. The Morgan fingerprint density at radius 1 is 1.17 bits per heavy atom. The van der Waals surface area contributed by atoms with Crippen LogP contribution in [0.5, 0.6) is 0 Å². The first-order valence-corrected chi connectivity index (χ1v) is 6.84. The molecule has 0 radical (unpaired) electrons. The van der Waals surface area contributed by atoms with Crippen LogP contribution < -0.4 is 5.32 Å². The van der Waals surface area contributed by atoms with Crippen LogP contribution in [0.1, 0.15) is 50.8 Å². The van der Waals surface area contributed by atoms with Crippen LogP contribution >= 0.6 is 0 Å². The molecular weight excluding hydrogens is 218 g/mol. The molecule has 0 aromatic heterocycles. The first kappa shape index (κ1) is 15.0. The van der Waals surface area contributed by atoms with E-state index < -0.39 is 0 Å². The molecule has 1 nitrogen and oxygen atoms in total. The van der Waals surface area contributed by atoms with Crippen LogP contribution in [0.25, 0.3) is 6.08 Å². The molecule has 0 bridgehead atoms. The van der Waals surface area contributed by atoms with Gasteiger partial charge < -0.3 is 5.32 Å². The molecule has 1 aromatic rings. The molecule has 1 heteroatoms. The predicted octanol–water partition coefficient (Wildman–Crippen LogP) is 4.48. The third-order valence-electron chi connectivity index (χ3n) is 3.19. The van der Waals surface area contributed by atoms with E-state index >= 15 is 0 Å². The maximum Gasteiger partial charge on any atom is 0.0172 e. The highest BCUT2D eigenvalue weighted by atomic mass is 14.9. The van der Waals surface area contributed by atoms with Crippen molar-refractivity contribution in [1.29, 1.82) is 0 Å². The van der Waals surface area contributed by atoms with Gasteiger partial charge in [0.1, 0.15) is 0 Å². The minimum absolute atomic E-state index is 0.176. The summed E-state index contributed by atoms with van der Waals surface area (Å²) in [5.41, 5.74) is 5.73. The van der Waals surface area contributed by atoms with Gasteiger partial charge in [-0.3, -0.25) is 0 Å². The highest BCUT2D eigenvalue weighted by Crippen LogP contribution is 2.18. The van der Waals surface area contributed by atoms with Crippen LogP contribution in [0.4, 0.5) is 0 Å². The van der Waals surface area contributed by atoms with E-state index in [2.05, 4.69) is 71.1 Å². The molecule has 100 valence electrons. The summed E-state index contributed by atoms with van der Waals surface area (Å²) in [5.74, 6) is 0. The highest BCUT2D eigenvalue weighted by Gasteiger charge is 2.09. The van der Waals surface area contributed by atoms with E-state index in [0.717, 1.165) is 13.0 Å². The lowest BCUT2D eigenvalue weighted by molar-refractivity contribution is 0.443. The van der Waals surface area contributed by atoms with E-state index in [9.17, 15) is 0 Å². The van der Waals surface area contributed by atoms with E-state index in [0.29, 0.717) is 0 Å². The standard InChI is InChI=1S/C17H27N/c1-7-15(12-18-17(4,5)6)11-16-13(2)9-8-10-14(16)3/h8-11,18H,7,12H2,1-6H3/b15-11-. The second-order valence-electron chi connectivity index (χ2n) is 6.07. The van der Waals surface area contributed by atoms with Gasteiger partial charge in [-0.15, -0.1) is 0 Å². The van der Waals surface area contributed by atoms with E-state index in [1.807, 2.05) is 0 Å². The van der Waals surface area contributed by atoms with Gasteiger partial charge in [-0.05, 0) is 57.7 Å². The van der Waals surface area contributed by atoms with Crippen molar-refractivity contribution in [3.63, 3.8) is 0 Å². The fraction of sp³-hybridized carbons (Fsp3) is 0.529. The lowest BCUT2D eigenvalue weighted by Gasteiger charge is -2.21. The summed E-state index contributed by atoms with van der Waals surface area (Å²) in [5, 5.41) is 3.56. The maximum absolute atomic E-state index is 3.56. The van der Waals surface area contributed by atoms with Gasteiger partial charge >= 0.3 is 0 Å². The number of aryl methyl sites for hydroxylation is 2. The third-order valence-corrected chi connectivity index (χ3v) is 3.19. The van der Waals surface area contributed by atoms with Gasteiger partial charge in [-0.25, -0.2) is 0 Å². The quantitative estimate of drug-likeness (QED) is 0.824. The van der Waals surface area contributed by atoms with Crippen molar-refractivity contribution in [1.82, 2.24) is 5.32 Å². The number of hydrogen-bond acceptors (Lipinski definition) is 1. The van der Waals surface area contributed by atoms with Crippen molar-refractivity contribution < 1.29 is 0 Å². The molecule has 0 aliphatic heterocycles. The molecule has 0 saturated carbocycles. The zero-order chi connectivity index (χ0) is 13.8. The van der Waals surface area contributed by atoms with E-state index in [4.69, 9.17) is 0 Å². The van der Waals surface area contributed by atoms with Crippen molar-refractivity contribution in [3.05, 3.63) is 40.5 Å². The molecule has 0 amide bonds. The molecule has 0 atom stereocenters. The van der Waals surface area contributed by atoms with Crippen molar-refractivity contribution in [2.24, 2.45) is 0 Å². The average Bonchev–Trinajstić information content (AvgIpc) is 2.26. The molecule has 0 heterocycles. The molecule has 18 heavy (non-hydrogen) atoms. The summed E-state index contributed by atoms with van der Waals surface area (Å²) in [7, 11) is 0. The van der Waals surface area contributed by atoms with E-state index in [1.54, 1.807) is 0 Å². The van der Waals surface area contributed by atoms with Crippen LogP contribution in [-0.2, 0) is 0 Å². The Balaban J connectivity index is 2.91. The van der Waals surface area contributed by atoms with Gasteiger partial charge in [-0.2, -0.15) is 0 Å². The van der Waals surface area contributed by atoms with Crippen LogP contribution in [0.2, 0.25) is 0 Å². The second kappa shape index (κ2) is 6.19. The minimum atomic E-state index is 0.176. The Hall–Kier alpha value is -1.08. The summed E-state index contributed by atoms with van der Waals surface area (Å²) < 4.78 is 0. The summed E-state index contributed by atoms with van der Waals surface area (Å²) in [6.07, 6.45) is 3.44. The molecule has 0 aliphatic rings. The SMILES string of the molecule is CC/C(=C/c1c(C)cccc1C)CNC(C)(C)C. The van der Waals surface area contributed by atoms with Gasteiger partial charge in [0.15, 0.2) is 0 Å². The molecular formula is C17H27N. The van der Waals surface area contributed by atoms with Gasteiger partial charge in [0.25, 0.3) is 0 Å². The van der Waals surface area contributed by atoms with Crippen LogP contribution in [-0.4, -0.2) is 12.1 Å². The monoisotopic (exact) mass is 245 g/mol. The molecule has 0 spiro atoms. The number of hydrogen-bond donors (Lipinski definition) is 1. The predicted molar refractivity (Wildman–Crippen MR) is 81.9 cm³/mol. The Bertz CT molecular complexity index is 401. The van der Waals surface area contributed by atoms with Crippen LogP contribution in [0.3, 0.4) is 0 Å². The topological polar surface area (TPSA) is 12.0 Å². The fourth-order valence-electron chi connectivity index (χ4n) is 1.92. The van der Waals surface area contributed by atoms with Gasteiger partial charge in [0.2, 0.25) is 0 Å². The van der Waals surface area contributed by atoms with Crippen LogP contribution in [0.15, 0.2) is 23.8 Å². The molecule has 1 aromatic carbocycles. The zero-order valence-electron chi connectivity index (χ0n) is 12.7. The van der Waals surface area contributed by atoms with Gasteiger partial charge in [-0.1, -0.05) is 36.8 Å². The third kappa shape index (κ3) is 4.66. The normalized spacial score (nSPS) is 12.9. The Labute approximate surface area is 112 Å². The first-order valence-electron chi connectivity index (χ1n) is 6.84. The van der Waals surface area contributed by atoms with Crippen molar-refractivity contribution >= 4 is 6.08 Å². The highest BCUT2D eigenvalue weighted by molar-refractivity contribution is 5.60. The smallest absolute Gasteiger partial charge is 0.0172 e. The lowest BCUT2D eigenvalue weighted by Crippen LogP contribution is -2.37. The summed E-state index contributed by atoms with van der Waals surface area (Å²) in [6, 6.07) is 6.49. The Kier molecular flexibility index (Phi) is 5.15. The molecule has 0 aliphatic carbocycles. The molecule has 0 unspecified atom stereocenters. The number of benzene rings is 1. The first-order chi connectivity index (χ1) is 8.33. The summed E-state index contributed by atoms with van der Waals surface area (Å²) in [4.78, 5) is 0. The molecule has 1 N–H and O–H groups in total.